The molecule has 4 heteroatoms. The van der Waals surface area contributed by atoms with E-state index in [0.29, 0.717) is 18.7 Å². The first-order valence-corrected chi connectivity index (χ1v) is 8.01. The number of ether oxygens (including phenoxy) is 2. The molecule has 2 aromatic carbocycles. The average Bonchev–Trinajstić information content (AvgIpc) is 2.59. The SMILES string of the molecule is C=CCc1cc(OC)cc(C[NH+](C)Cc2ccc(OC)cc2)c1O. The molecule has 2 aromatic rings. The van der Waals surface area contributed by atoms with Crippen LogP contribution in [0.15, 0.2) is 49.1 Å². The van der Waals surface area contributed by atoms with Crippen LogP contribution in [0.25, 0.3) is 0 Å². The van der Waals surface area contributed by atoms with Crippen LogP contribution < -0.4 is 14.4 Å². The zero-order chi connectivity index (χ0) is 17.5. The standard InChI is InChI=1S/C20H25NO3/c1-5-6-16-11-19(24-4)12-17(20(16)22)14-21(2)13-15-7-9-18(23-3)10-8-15/h5,7-12,22H,1,6,13-14H2,2-4H3/p+1. The van der Waals surface area contributed by atoms with Crippen LogP contribution in [0.1, 0.15) is 16.7 Å². The Morgan fingerprint density at radius 3 is 2.21 bits per heavy atom. The lowest BCUT2D eigenvalue weighted by Gasteiger charge is -2.17. The molecule has 0 heterocycles. The number of rotatable bonds is 8. The summed E-state index contributed by atoms with van der Waals surface area (Å²) in [6.07, 6.45) is 2.40. The van der Waals surface area contributed by atoms with Crippen LogP contribution in [-0.2, 0) is 19.5 Å². The van der Waals surface area contributed by atoms with E-state index in [1.807, 2.05) is 24.3 Å². The topological polar surface area (TPSA) is 43.1 Å². The Morgan fingerprint density at radius 2 is 1.62 bits per heavy atom. The number of nitrogens with one attached hydrogen (secondary N) is 1. The Labute approximate surface area is 143 Å². The molecule has 0 saturated carbocycles. The van der Waals surface area contributed by atoms with Crippen molar-refractivity contribution in [1.82, 2.24) is 0 Å². The highest BCUT2D eigenvalue weighted by atomic mass is 16.5. The highest BCUT2D eigenvalue weighted by Gasteiger charge is 2.14. The van der Waals surface area contributed by atoms with Crippen molar-refractivity contribution < 1.29 is 19.5 Å². The third-order valence-electron chi connectivity index (χ3n) is 4.00. The number of hydrogen-bond acceptors (Lipinski definition) is 3. The monoisotopic (exact) mass is 328 g/mol. The summed E-state index contributed by atoms with van der Waals surface area (Å²) < 4.78 is 10.5. The fraction of sp³-hybridized carbons (Fsp3) is 0.300. The van der Waals surface area contributed by atoms with Gasteiger partial charge in [0.05, 0.1) is 26.8 Å². The maximum atomic E-state index is 10.5. The van der Waals surface area contributed by atoms with Crippen molar-refractivity contribution >= 4 is 0 Å². The molecular formula is C20H26NO3+. The second-order valence-electron chi connectivity index (χ2n) is 5.95. The predicted molar refractivity (Wildman–Crippen MR) is 95.8 cm³/mol. The molecule has 0 aliphatic heterocycles. The molecule has 0 aliphatic carbocycles. The number of hydrogen-bond donors (Lipinski definition) is 2. The maximum Gasteiger partial charge on any atom is 0.128 e. The van der Waals surface area contributed by atoms with E-state index < -0.39 is 0 Å². The van der Waals surface area contributed by atoms with Gasteiger partial charge in [-0.2, -0.15) is 0 Å². The van der Waals surface area contributed by atoms with Crippen molar-refractivity contribution in [2.75, 3.05) is 21.3 Å². The average molecular weight is 328 g/mol. The van der Waals surface area contributed by atoms with E-state index in [2.05, 4.69) is 25.8 Å². The molecule has 0 saturated heterocycles. The lowest BCUT2D eigenvalue weighted by atomic mass is 10.0. The number of aromatic hydroxyl groups is 1. The largest absolute Gasteiger partial charge is 0.507 e. The minimum atomic E-state index is 0.338. The molecule has 0 fully saturated rings. The number of phenolic OH excluding ortho intramolecular Hbond substituents is 1. The third kappa shape index (κ3) is 4.52. The summed E-state index contributed by atoms with van der Waals surface area (Å²) in [6, 6.07) is 11.8. The van der Waals surface area contributed by atoms with Crippen LogP contribution in [-0.4, -0.2) is 26.4 Å². The van der Waals surface area contributed by atoms with Gasteiger partial charge in [-0.3, -0.25) is 0 Å². The summed E-state index contributed by atoms with van der Waals surface area (Å²) in [5.41, 5.74) is 2.95. The third-order valence-corrected chi connectivity index (χ3v) is 4.00. The van der Waals surface area contributed by atoms with Crippen LogP contribution in [0.2, 0.25) is 0 Å². The van der Waals surface area contributed by atoms with Crippen molar-refractivity contribution in [2.24, 2.45) is 0 Å². The van der Waals surface area contributed by atoms with Gasteiger partial charge in [0.2, 0.25) is 0 Å². The summed E-state index contributed by atoms with van der Waals surface area (Å²) in [7, 11) is 5.41. The molecule has 4 nitrogen and oxygen atoms in total. The van der Waals surface area contributed by atoms with Crippen LogP contribution >= 0.6 is 0 Å². The Kier molecular flexibility index (Phi) is 6.27. The van der Waals surface area contributed by atoms with Crippen LogP contribution in [0.3, 0.4) is 0 Å². The second-order valence-corrected chi connectivity index (χ2v) is 5.95. The molecule has 0 bridgehead atoms. The molecule has 2 rings (SSSR count). The minimum Gasteiger partial charge on any atom is -0.507 e. The number of methoxy groups -OCH3 is 2. The summed E-state index contributed by atoms with van der Waals surface area (Å²) in [5.74, 6) is 1.96. The normalized spacial score (nSPS) is 11.8. The van der Waals surface area contributed by atoms with Crippen LogP contribution in [0.4, 0.5) is 0 Å². The Bertz CT molecular complexity index is 680. The number of phenols is 1. The molecule has 128 valence electrons. The summed E-state index contributed by atoms with van der Waals surface area (Å²) in [4.78, 5) is 1.27. The van der Waals surface area contributed by atoms with E-state index in [-0.39, 0.29) is 0 Å². The molecule has 24 heavy (non-hydrogen) atoms. The van der Waals surface area contributed by atoms with E-state index in [1.165, 1.54) is 10.5 Å². The second kappa shape index (κ2) is 8.41. The zero-order valence-corrected chi connectivity index (χ0v) is 14.6. The van der Waals surface area contributed by atoms with Crippen LogP contribution in [0.5, 0.6) is 17.2 Å². The van der Waals surface area contributed by atoms with Crippen molar-refractivity contribution in [3.8, 4) is 17.2 Å². The first-order chi connectivity index (χ1) is 11.6. The maximum absolute atomic E-state index is 10.5. The smallest absolute Gasteiger partial charge is 0.128 e. The van der Waals surface area contributed by atoms with Gasteiger partial charge in [0.1, 0.15) is 30.3 Å². The number of benzene rings is 2. The summed E-state index contributed by atoms with van der Waals surface area (Å²) in [6.45, 7) is 5.31. The minimum absolute atomic E-state index is 0.338. The molecule has 1 atom stereocenters. The molecule has 0 radical (unpaired) electrons. The van der Waals surface area contributed by atoms with Crippen molar-refractivity contribution in [1.29, 1.82) is 0 Å². The fourth-order valence-electron chi connectivity index (χ4n) is 2.77. The van der Waals surface area contributed by atoms with Gasteiger partial charge >= 0.3 is 0 Å². The summed E-state index contributed by atoms with van der Waals surface area (Å²) in [5, 5.41) is 10.5. The highest BCUT2D eigenvalue weighted by molar-refractivity contribution is 5.46. The quantitative estimate of drug-likeness (QED) is 0.731. The molecule has 2 N–H and O–H groups in total. The van der Waals surface area contributed by atoms with Gasteiger partial charge in [0, 0.05) is 11.1 Å². The van der Waals surface area contributed by atoms with E-state index >= 15 is 0 Å². The van der Waals surface area contributed by atoms with Gasteiger partial charge in [0.25, 0.3) is 0 Å². The lowest BCUT2D eigenvalue weighted by molar-refractivity contribution is -0.907. The molecular weight excluding hydrogens is 302 g/mol. The van der Waals surface area contributed by atoms with Crippen molar-refractivity contribution in [3.63, 3.8) is 0 Å². The Morgan fingerprint density at radius 1 is 1.00 bits per heavy atom. The van der Waals surface area contributed by atoms with Crippen LogP contribution in [0, 0.1) is 0 Å². The zero-order valence-electron chi connectivity index (χ0n) is 14.6. The van der Waals surface area contributed by atoms with Gasteiger partial charge in [-0.25, -0.2) is 0 Å². The molecule has 0 spiro atoms. The first-order valence-electron chi connectivity index (χ1n) is 8.01. The Hall–Kier alpha value is -2.46. The van der Waals surface area contributed by atoms with E-state index in [0.717, 1.165) is 29.2 Å². The van der Waals surface area contributed by atoms with Crippen molar-refractivity contribution in [3.05, 3.63) is 65.7 Å². The number of quaternary nitrogens is 1. The molecule has 0 aromatic heterocycles. The molecule has 1 unspecified atom stereocenters. The van der Waals surface area contributed by atoms with Crippen molar-refractivity contribution in [2.45, 2.75) is 19.5 Å². The van der Waals surface area contributed by atoms with Gasteiger partial charge < -0.3 is 19.5 Å². The molecule has 0 aliphatic rings. The van der Waals surface area contributed by atoms with Gasteiger partial charge in [-0.1, -0.05) is 6.08 Å². The predicted octanol–water partition coefficient (Wildman–Crippen LogP) is 2.35. The van der Waals surface area contributed by atoms with Gasteiger partial charge in [0.15, 0.2) is 0 Å². The van der Waals surface area contributed by atoms with E-state index in [1.54, 1.807) is 20.3 Å². The van der Waals surface area contributed by atoms with E-state index in [4.69, 9.17) is 9.47 Å². The fourth-order valence-corrected chi connectivity index (χ4v) is 2.77. The lowest BCUT2D eigenvalue weighted by Crippen LogP contribution is -3.06. The molecule has 0 amide bonds. The Balaban J connectivity index is 2.13. The van der Waals surface area contributed by atoms with Gasteiger partial charge in [-0.15, -0.1) is 6.58 Å². The summed E-state index contributed by atoms with van der Waals surface area (Å²) >= 11 is 0. The first kappa shape index (κ1) is 17.9. The van der Waals surface area contributed by atoms with E-state index in [9.17, 15) is 5.11 Å². The van der Waals surface area contributed by atoms with Gasteiger partial charge in [-0.05, 0) is 42.8 Å². The number of allylic oxidation sites excluding steroid dienone is 1. The highest BCUT2D eigenvalue weighted by Crippen LogP contribution is 2.28.